The van der Waals surface area contributed by atoms with Crippen molar-refractivity contribution in [3.8, 4) is 6.07 Å². The summed E-state index contributed by atoms with van der Waals surface area (Å²) in [5, 5.41) is 8.98. The summed E-state index contributed by atoms with van der Waals surface area (Å²) in [6, 6.07) is 7.90. The number of hydrogen-bond acceptors (Lipinski definition) is 4. The fraction of sp³-hybridized carbons (Fsp3) is 0.500. The van der Waals surface area contributed by atoms with E-state index in [1.165, 1.54) is 23.4 Å². The lowest BCUT2D eigenvalue weighted by Crippen LogP contribution is -2.47. The minimum absolute atomic E-state index is 0.00683. The molecule has 3 heterocycles. The SMILES string of the molecule is CC(=O)N1C[C@H]2CC[C@@H](C1)N(S(=O)(=O)c1cccc(C#N)c1)C2. The molecular weight excluding hydrogens is 314 g/mol. The number of nitrogens with zero attached hydrogens (tertiary/aromatic N) is 3. The molecule has 0 unspecified atom stereocenters. The molecule has 122 valence electrons. The number of rotatable bonds is 2. The first-order chi connectivity index (χ1) is 10.9. The van der Waals surface area contributed by atoms with Gasteiger partial charge in [0, 0.05) is 32.6 Å². The fourth-order valence-corrected chi connectivity index (χ4v) is 5.22. The Balaban J connectivity index is 1.94. The zero-order chi connectivity index (χ0) is 16.6. The summed E-state index contributed by atoms with van der Waals surface area (Å²) in [5.41, 5.74) is 0.330. The van der Waals surface area contributed by atoms with E-state index in [1.54, 1.807) is 17.0 Å². The Labute approximate surface area is 136 Å². The molecule has 23 heavy (non-hydrogen) atoms. The summed E-state index contributed by atoms with van der Waals surface area (Å²) < 4.78 is 27.5. The Kier molecular flexibility index (Phi) is 4.13. The summed E-state index contributed by atoms with van der Waals surface area (Å²) in [5.74, 6) is 0.166. The zero-order valence-electron chi connectivity index (χ0n) is 13.0. The highest BCUT2D eigenvalue weighted by atomic mass is 32.2. The van der Waals surface area contributed by atoms with Gasteiger partial charge in [-0.15, -0.1) is 0 Å². The first kappa shape index (κ1) is 16.0. The van der Waals surface area contributed by atoms with Crippen molar-refractivity contribution in [2.45, 2.75) is 30.7 Å². The number of sulfonamides is 1. The summed E-state index contributed by atoms with van der Waals surface area (Å²) in [4.78, 5) is 13.6. The van der Waals surface area contributed by atoms with Crippen LogP contribution in [0.2, 0.25) is 0 Å². The van der Waals surface area contributed by atoms with Gasteiger partial charge in [0.1, 0.15) is 0 Å². The van der Waals surface area contributed by atoms with Crippen LogP contribution in [0, 0.1) is 17.2 Å². The molecule has 3 aliphatic heterocycles. The summed E-state index contributed by atoms with van der Waals surface area (Å²) in [6.45, 7) is 3.03. The molecule has 1 aromatic rings. The Morgan fingerprint density at radius 2 is 2.04 bits per heavy atom. The van der Waals surface area contributed by atoms with E-state index < -0.39 is 10.0 Å². The minimum Gasteiger partial charge on any atom is -0.341 e. The van der Waals surface area contributed by atoms with Crippen molar-refractivity contribution in [2.75, 3.05) is 19.6 Å². The molecule has 6 nitrogen and oxygen atoms in total. The minimum atomic E-state index is -3.65. The van der Waals surface area contributed by atoms with Gasteiger partial charge in [0.05, 0.1) is 16.5 Å². The van der Waals surface area contributed by atoms with Crippen LogP contribution in [-0.2, 0) is 14.8 Å². The van der Waals surface area contributed by atoms with Crippen LogP contribution < -0.4 is 0 Å². The molecule has 0 aliphatic carbocycles. The lowest BCUT2D eigenvalue weighted by Gasteiger charge is -2.34. The summed E-state index contributed by atoms with van der Waals surface area (Å²) >= 11 is 0. The van der Waals surface area contributed by atoms with Crippen molar-refractivity contribution in [3.05, 3.63) is 29.8 Å². The van der Waals surface area contributed by atoms with Crippen molar-refractivity contribution in [2.24, 2.45) is 5.92 Å². The Hall–Kier alpha value is -1.91. The molecule has 4 rings (SSSR count). The van der Waals surface area contributed by atoms with Crippen LogP contribution in [0.15, 0.2) is 29.2 Å². The average molecular weight is 333 g/mol. The van der Waals surface area contributed by atoms with Crippen LogP contribution in [0.3, 0.4) is 0 Å². The van der Waals surface area contributed by atoms with Gasteiger partial charge >= 0.3 is 0 Å². The fourth-order valence-electron chi connectivity index (χ4n) is 3.45. The molecule has 0 saturated carbocycles. The van der Waals surface area contributed by atoms with E-state index in [0.29, 0.717) is 25.2 Å². The van der Waals surface area contributed by atoms with Crippen LogP contribution in [0.5, 0.6) is 0 Å². The molecule has 0 radical (unpaired) electrons. The second-order valence-corrected chi connectivity index (χ2v) is 8.13. The largest absolute Gasteiger partial charge is 0.341 e. The van der Waals surface area contributed by atoms with Gasteiger partial charge in [-0.05, 0) is 37.0 Å². The first-order valence-electron chi connectivity index (χ1n) is 7.69. The molecule has 3 aliphatic rings. The van der Waals surface area contributed by atoms with Crippen LogP contribution in [-0.4, -0.2) is 49.2 Å². The van der Waals surface area contributed by atoms with E-state index in [0.717, 1.165) is 12.8 Å². The molecule has 0 N–H and O–H groups in total. The van der Waals surface area contributed by atoms with E-state index in [-0.39, 0.29) is 22.8 Å². The van der Waals surface area contributed by atoms with Crippen molar-refractivity contribution in [3.63, 3.8) is 0 Å². The van der Waals surface area contributed by atoms with Crippen molar-refractivity contribution < 1.29 is 13.2 Å². The third-order valence-electron chi connectivity index (χ3n) is 4.68. The smallest absolute Gasteiger partial charge is 0.243 e. The van der Waals surface area contributed by atoms with E-state index >= 15 is 0 Å². The molecule has 0 aromatic heterocycles. The molecule has 1 aromatic carbocycles. The molecule has 3 saturated heterocycles. The summed E-state index contributed by atoms with van der Waals surface area (Å²) in [6.07, 6.45) is 1.71. The van der Waals surface area contributed by atoms with Crippen molar-refractivity contribution in [1.29, 1.82) is 5.26 Å². The number of carbonyl (C=O) groups is 1. The molecule has 7 heteroatoms. The molecular formula is C16H19N3O3S. The second kappa shape index (κ2) is 5.95. The number of amides is 1. The van der Waals surface area contributed by atoms with E-state index in [2.05, 4.69) is 0 Å². The maximum Gasteiger partial charge on any atom is 0.243 e. The van der Waals surface area contributed by atoms with Gasteiger partial charge < -0.3 is 4.90 Å². The number of carbonyl (C=O) groups excluding carboxylic acids is 1. The maximum absolute atomic E-state index is 13.0. The molecule has 2 atom stereocenters. The predicted molar refractivity (Wildman–Crippen MR) is 83.8 cm³/mol. The highest BCUT2D eigenvalue weighted by Crippen LogP contribution is 2.32. The van der Waals surface area contributed by atoms with Crippen molar-refractivity contribution >= 4 is 15.9 Å². The van der Waals surface area contributed by atoms with E-state index in [9.17, 15) is 13.2 Å². The number of nitriles is 1. The third kappa shape index (κ3) is 2.96. The Morgan fingerprint density at radius 1 is 1.26 bits per heavy atom. The molecule has 0 spiro atoms. The van der Waals surface area contributed by atoms with Gasteiger partial charge in [0.25, 0.3) is 0 Å². The highest BCUT2D eigenvalue weighted by molar-refractivity contribution is 7.89. The lowest BCUT2D eigenvalue weighted by molar-refractivity contribution is -0.129. The van der Waals surface area contributed by atoms with Crippen LogP contribution in [0.25, 0.3) is 0 Å². The van der Waals surface area contributed by atoms with Gasteiger partial charge in [-0.25, -0.2) is 8.42 Å². The number of piperidine rings is 1. The second-order valence-electron chi connectivity index (χ2n) is 6.24. The first-order valence-corrected chi connectivity index (χ1v) is 9.13. The average Bonchev–Trinajstić information content (AvgIpc) is 2.87. The molecule has 1 amide bonds. The number of fused-ring (bicyclic) bond motifs is 4. The summed E-state index contributed by atoms with van der Waals surface area (Å²) in [7, 11) is -3.65. The topological polar surface area (TPSA) is 81.5 Å². The van der Waals surface area contributed by atoms with Gasteiger partial charge in [-0.3, -0.25) is 4.79 Å². The molecule has 3 fully saturated rings. The Bertz CT molecular complexity index is 769. The van der Waals surface area contributed by atoms with Gasteiger partial charge in [0.15, 0.2) is 0 Å². The van der Waals surface area contributed by atoms with Crippen LogP contribution in [0.4, 0.5) is 0 Å². The third-order valence-corrected chi connectivity index (χ3v) is 6.59. The standard InChI is InChI=1S/C16H19N3O3S/c1-12(20)18-9-14-5-6-15(11-18)19(10-14)23(21,22)16-4-2-3-13(7-16)8-17/h2-4,7,14-15H,5-6,9-11H2,1H3/t14-,15+/m1/s1. The van der Waals surface area contributed by atoms with Gasteiger partial charge in [-0.2, -0.15) is 9.57 Å². The van der Waals surface area contributed by atoms with E-state index in [4.69, 9.17) is 5.26 Å². The van der Waals surface area contributed by atoms with Crippen molar-refractivity contribution in [1.82, 2.24) is 9.21 Å². The lowest BCUT2D eigenvalue weighted by atomic mass is 9.97. The van der Waals surface area contributed by atoms with Gasteiger partial charge in [-0.1, -0.05) is 6.07 Å². The van der Waals surface area contributed by atoms with E-state index in [1.807, 2.05) is 6.07 Å². The van der Waals surface area contributed by atoms with Gasteiger partial charge in [0.2, 0.25) is 15.9 Å². The monoisotopic (exact) mass is 333 g/mol. The normalized spacial score (nSPS) is 25.0. The predicted octanol–water partition coefficient (Wildman–Crippen LogP) is 1.19. The zero-order valence-corrected chi connectivity index (χ0v) is 13.8. The van der Waals surface area contributed by atoms with Crippen LogP contribution in [0.1, 0.15) is 25.3 Å². The highest BCUT2D eigenvalue weighted by Gasteiger charge is 2.41. The molecule has 2 bridgehead atoms. The quantitative estimate of drug-likeness (QED) is 0.814. The number of hydrogen-bond donors (Lipinski definition) is 0. The number of benzene rings is 1. The van der Waals surface area contributed by atoms with Crippen LogP contribution >= 0.6 is 0 Å². The maximum atomic E-state index is 13.0. The Morgan fingerprint density at radius 3 is 2.74 bits per heavy atom.